The fourth-order valence-corrected chi connectivity index (χ4v) is 3.56. The zero-order chi connectivity index (χ0) is 18.8. The summed E-state index contributed by atoms with van der Waals surface area (Å²) in [5.74, 6) is 0.383. The lowest BCUT2D eigenvalue weighted by molar-refractivity contribution is -0.0954. The Bertz CT molecular complexity index is 985. The number of aliphatic hydroxyl groups excluding tert-OH is 2. The third-order valence-electron chi connectivity index (χ3n) is 4.91. The van der Waals surface area contributed by atoms with Crippen molar-refractivity contribution in [2.24, 2.45) is 0 Å². The van der Waals surface area contributed by atoms with Gasteiger partial charge in [0.1, 0.15) is 29.4 Å². The van der Waals surface area contributed by atoms with Crippen molar-refractivity contribution in [3.05, 3.63) is 28.2 Å². The van der Waals surface area contributed by atoms with E-state index < -0.39 is 42.2 Å². The van der Waals surface area contributed by atoms with Crippen LogP contribution in [0.25, 0.3) is 10.8 Å². The molecule has 0 aliphatic carbocycles. The largest absolute Gasteiger partial charge is 0.394 e. The van der Waals surface area contributed by atoms with Crippen molar-refractivity contribution in [2.75, 3.05) is 17.2 Å². The number of rotatable bonds is 2. The molecule has 2 aromatic heterocycles. The molecule has 1 unspecified atom stereocenters. The lowest BCUT2D eigenvalue weighted by atomic mass is 9.96. The van der Waals surface area contributed by atoms with Crippen LogP contribution in [0.15, 0.2) is 17.1 Å². The van der Waals surface area contributed by atoms with Crippen LogP contribution >= 0.6 is 0 Å². The maximum Gasteiger partial charge on any atom is 0.326 e. The van der Waals surface area contributed by atoms with Crippen molar-refractivity contribution in [3.63, 3.8) is 0 Å². The van der Waals surface area contributed by atoms with Gasteiger partial charge in [-0.25, -0.2) is 4.79 Å². The molecule has 0 aromatic carbocycles. The Labute approximate surface area is 147 Å². The van der Waals surface area contributed by atoms with Crippen LogP contribution < -0.4 is 16.2 Å². The Balaban J connectivity index is 2.00. The van der Waals surface area contributed by atoms with Gasteiger partial charge in [0.25, 0.3) is 5.56 Å². The topological polar surface area (TPSA) is 146 Å². The fourth-order valence-electron chi connectivity index (χ4n) is 3.56. The molecule has 0 saturated carbocycles. The van der Waals surface area contributed by atoms with Gasteiger partial charge >= 0.3 is 6.03 Å². The molecule has 10 nitrogen and oxygen atoms in total. The molecule has 0 radical (unpaired) electrons. The molecule has 4 heterocycles. The minimum Gasteiger partial charge on any atom is -0.394 e. The lowest BCUT2D eigenvalue weighted by Crippen LogP contribution is -2.44. The van der Waals surface area contributed by atoms with Crippen LogP contribution in [-0.4, -0.2) is 55.3 Å². The summed E-state index contributed by atoms with van der Waals surface area (Å²) in [7, 11) is 0. The average Bonchev–Trinajstić information content (AvgIpc) is 2.99. The van der Waals surface area contributed by atoms with E-state index in [2.05, 4.69) is 15.6 Å². The summed E-state index contributed by atoms with van der Waals surface area (Å²) in [4.78, 5) is 27.8. The molecule has 26 heavy (non-hydrogen) atoms. The van der Waals surface area contributed by atoms with Gasteiger partial charge in [-0.2, -0.15) is 4.98 Å². The number of hydrogen-bond acceptors (Lipinski definition) is 7. The highest BCUT2D eigenvalue weighted by Crippen LogP contribution is 2.44. The van der Waals surface area contributed by atoms with E-state index in [4.69, 9.17) is 4.74 Å². The number of nitrogens with one attached hydrogen (secondary N) is 2. The van der Waals surface area contributed by atoms with E-state index in [1.807, 2.05) is 0 Å². The molecule has 1 fully saturated rings. The minimum absolute atomic E-state index is 0.104. The smallest absolute Gasteiger partial charge is 0.326 e. The molecule has 4 atom stereocenters. The molecule has 1 saturated heterocycles. The van der Waals surface area contributed by atoms with Gasteiger partial charge in [0, 0.05) is 17.6 Å². The Hall–Kier alpha value is -2.53. The number of nitrogens with zero attached hydrogens (tertiary/aromatic N) is 2. The number of urea groups is 1. The molecule has 138 valence electrons. The van der Waals surface area contributed by atoms with E-state index in [9.17, 15) is 24.9 Å². The number of aryl methyl sites for hydroxylation is 1. The van der Waals surface area contributed by atoms with Gasteiger partial charge in [-0.1, -0.05) is 0 Å². The van der Waals surface area contributed by atoms with E-state index in [1.54, 1.807) is 13.1 Å². The fraction of sp³-hybridized carbons (Fsp3) is 0.438. The second kappa shape index (κ2) is 5.48. The van der Waals surface area contributed by atoms with Gasteiger partial charge in [-0.3, -0.25) is 15.4 Å². The molecular formula is C16H18N4O6. The minimum atomic E-state index is -1.72. The van der Waals surface area contributed by atoms with Crippen LogP contribution in [0.3, 0.4) is 0 Å². The zero-order valence-corrected chi connectivity index (χ0v) is 14.1. The van der Waals surface area contributed by atoms with Crippen LogP contribution in [-0.2, 0) is 4.74 Å². The SMILES string of the molecule is Cc1cc(=O)nc2c3c(n(C4O[C@H](CO)[C@@H](O)[C@@]4(C)O)cc13)NC(=O)N2. The highest BCUT2D eigenvalue weighted by molar-refractivity contribution is 6.16. The maximum absolute atomic E-state index is 12.0. The Morgan fingerprint density at radius 1 is 1.38 bits per heavy atom. The van der Waals surface area contributed by atoms with Crippen LogP contribution in [0.4, 0.5) is 16.4 Å². The number of carbonyl (C=O) groups is 1. The molecule has 10 heteroatoms. The highest BCUT2D eigenvalue weighted by atomic mass is 16.6. The standard InChI is InChI=1S/C16H18N4O6/c1-6-3-9(22)17-12-10-7(6)4-20(13(10)19-15(24)18-12)14-16(2,25)11(23)8(5-21)26-14/h3-4,8,11,14,21,23,25H,5H2,1-2H3,(H2,17,18,19,22,24)/t8-,11-,14?,16-/m1/s1. The van der Waals surface area contributed by atoms with Crippen LogP contribution in [0.5, 0.6) is 0 Å². The molecule has 0 spiro atoms. The number of carbonyl (C=O) groups excluding carboxylic acids is 1. The molecule has 0 bridgehead atoms. The molecule has 4 rings (SSSR count). The predicted molar refractivity (Wildman–Crippen MR) is 91.0 cm³/mol. The van der Waals surface area contributed by atoms with E-state index in [1.165, 1.54) is 17.6 Å². The second-order valence-corrected chi connectivity index (χ2v) is 6.76. The van der Waals surface area contributed by atoms with Gasteiger partial charge in [-0.05, 0) is 19.4 Å². The van der Waals surface area contributed by atoms with Crippen molar-refractivity contribution in [1.82, 2.24) is 9.55 Å². The number of aliphatic hydroxyl groups is 3. The normalized spacial score (nSPS) is 30.3. The monoisotopic (exact) mass is 362 g/mol. The Kier molecular flexibility index (Phi) is 3.57. The number of ether oxygens (including phenoxy) is 1. The molecule has 2 aliphatic rings. The number of hydrogen-bond donors (Lipinski definition) is 5. The third kappa shape index (κ3) is 2.23. The van der Waals surface area contributed by atoms with Crippen LogP contribution in [0.2, 0.25) is 0 Å². The Morgan fingerprint density at radius 2 is 2.12 bits per heavy atom. The average molecular weight is 362 g/mol. The quantitative estimate of drug-likeness (QED) is 0.491. The van der Waals surface area contributed by atoms with E-state index in [-0.39, 0.29) is 11.6 Å². The summed E-state index contributed by atoms with van der Waals surface area (Å²) in [6.45, 7) is 2.64. The number of aromatic nitrogens is 2. The van der Waals surface area contributed by atoms with E-state index >= 15 is 0 Å². The number of amides is 2. The summed E-state index contributed by atoms with van der Waals surface area (Å²) < 4.78 is 7.12. The Morgan fingerprint density at radius 3 is 2.77 bits per heavy atom. The van der Waals surface area contributed by atoms with Gasteiger partial charge in [0.2, 0.25) is 0 Å². The number of anilines is 2. The van der Waals surface area contributed by atoms with Crippen molar-refractivity contribution < 1.29 is 24.9 Å². The van der Waals surface area contributed by atoms with Crippen molar-refractivity contribution in [2.45, 2.75) is 37.9 Å². The predicted octanol–water partition coefficient (Wildman–Crippen LogP) is -0.336. The first-order valence-corrected chi connectivity index (χ1v) is 8.05. The first kappa shape index (κ1) is 16.9. The first-order chi connectivity index (χ1) is 12.2. The summed E-state index contributed by atoms with van der Waals surface area (Å²) >= 11 is 0. The van der Waals surface area contributed by atoms with Crippen molar-refractivity contribution in [1.29, 1.82) is 0 Å². The van der Waals surface area contributed by atoms with Crippen LogP contribution in [0.1, 0.15) is 18.7 Å². The van der Waals surface area contributed by atoms with E-state index in [0.717, 1.165) is 0 Å². The van der Waals surface area contributed by atoms with Crippen molar-refractivity contribution in [3.8, 4) is 0 Å². The summed E-state index contributed by atoms with van der Waals surface area (Å²) in [6.07, 6.45) is -1.76. The molecule has 5 N–H and O–H groups in total. The van der Waals surface area contributed by atoms with Gasteiger partial charge in [0.15, 0.2) is 6.23 Å². The molecule has 2 aromatic rings. The third-order valence-corrected chi connectivity index (χ3v) is 4.91. The summed E-state index contributed by atoms with van der Waals surface area (Å²) in [5, 5.41) is 36.6. The lowest BCUT2D eigenvalue weighted by Gasteiger charge is -2.29. The van der Waals surface area contributed by atoms with Gasteiger partial charge in [-0.15, -0.1) is 0 Å². The molecule has 2 amide bonds. The summed E-state index contributed by atoms with van der Waals surface area (Å²) in [6, 6.07) is 0.752. The second-order valence-electron chi connectivity index (χ2n) is 6.76. The first-order valence-electron chi connectivity index (χ1n) is 8.05. The van der Waals surface area contributed by atoms with Gasteiger partial charge in [0.05, 0.1) is 12.0 Å². The molecular weight excluding hydrogens is 344 g/mol. The van der Waals surface area contributed by atoms with E-state index in [0.29, 0.717) is 16.3 Å². The highest BCUT2D eigenvalue weighted by Gasteiger charge is 2.53. The maximum atomic E-state index is 12.0. The van der Waals surface area contributed by atoms with Crippen molar-refractivity contribution >= 4 is 28.4 Å². The van der Waals surface area contributed by atoms with Gasteiger partial charge < -0.3 is 24.6 Å². The summed E-state index contributed by atoms with van der Waals surface area (Å²) in [5.41, 5.74) is -1.59. The molecule has 2 aliphatic heterocycles. The zero-order valence-electron chi connectivity index (χ0n) is 14.1. The van der Waals surface area contributed by atoms with Crippen LogP contribution in [0, 0.1) is 6.92 Å².